The zero-order valence-corrected chi connectivity index (χ0v) is 18.6. The summed E-state index contributed by atoms with van der Waals surface area (Å²) >= 11 is 0. The van der Waals surface area contributed by atoms with Crippen molar-refractivity contribution in [1.29, 1.82) is 0 Å². The molecule has 2 amide bonds. The molecule has 0 aliphatic carbocycles. The van der Waals surface area contributed by atoms with Crippen LogP contribution in [-0.4, -0.2) is 51.1 Å². The first-order valence-electron chi connectivity index (χ1n) is 10.4. The summed E-state index contributed by atoms with van der Waals surface area (Å²) in [6.45, 7) is 3.25. The number of furan rings is 1. The molecule has 9 nitrogen and oxygen atoms in total. The average molecular weight is 462 g/mol. The van der Waals surface area contributed by atoms with Crippen LogP contribution >= 0.6 is 0 Å². The first kappa shape index (κ1) is 23.6. The number of hydrogen-bond donors (Lipinski definition) is 2. The summed E-state index contributed by atoms with van der Waals surface area (Å²) in [5.41, 5.74) is 0.697. The zero-order chi connectivity index (χ0) is 23.0. The molecule has 3 rings (SSSR count). The molecule has 1 saturated heterocycles. The Balaban J connectivity index is 1.47. The first-order chi connectivity index (χ1) is 15.4. The first-order valence-corrected chi connectivity index (χ1v) is 11.9. The van der Waals surface area contributed by atoms with E-state index < -0.39 is 10.0 Å². The Bertz CT molecular complexity index is 1020. The van der Waals surface area contributed by atoms with E-state index in [9.17, 15) is 18.0 Å². The smallest absolute Gasteiger partial charge is 0.409 e. The summed E-state index contributed by atoms with van der Waals surface area (Å²) in [5.74, 6) is 0.280. The molecule has 0 radical (unpaired) electrons. The third-order valence-electron chi connectivity index (χ3n) is 5.00. The third-order valence-corrected chi connectivity index (χ3v) is 6.42. The molecule has 0 spiro atoms. The van der Waals surface area contributed by atoms with Crippen LogP contribution in [0.3, 0.4) is 0 Å². The molecule has 10 heteroatoms. The normalized spacial score (nSPS) is 15.1. The topological polar surface area (TPSA) is 118 Å². The van der Waals surface area contributed by atoms with E-state index >= 15 is 0 Å². The zero-order valence-electron chi connectivity index (χ0n) is 17.8. The molecule has 1 fully saturated rings. The molecular formula is C22H27N3O6S. The number of carbonyl (C=O) groups is 2. The minimum atomic E-state index is -3.67. The Morgan fingerprint density at radius 1 is 1.19 bits per heavy atom. The number of rotatable bonds is 8. The van der Waals surface area contributed by atoms with E-state index in [4.69, 9.17) is 9.15 Å². The standard InChI is InChI=1S/C22H27N3O6S/c1-2-30-22(27)25-13-11-18(12-14-25)24-21(26)10-7-17-5-8-20(9-6-17)32(28,29)23-16-19-4-3-15-31-19/h3-10,15,18,23H,2,11-14,16H2,1H3,(H,24,26)/b10-7+. The van der Waals surface area contributed by atoms with Gasteiger partial charge in [-0.25, -0.2) is 17.9 Å². The number of nitrogens with one attached hydrogen (secondary N) is 2. The number of carbonyl (C=O) groups excluding carboxylic acids is 2. The number of ether oxygens (including phenoxy) is 1. The van der Waals surface area contributed by atoms with E-state index in [-0.39, 0.29) is 29.5 Å². The van der Waals surface area contributed by atoms with Gasteiger partial charge in [0.2, 0.25) is 15.9 Å². The molecule has 0 saturated carbocycles. The van der Waals surface area contributed by atoms with Crippen molar-refractivity contribution >= 4 is 28.1 Å². The van der Waals surface area contributed by atoms with Crippen LogP contribution in [-0.2, 0) is 26.1 Å². The Labute approximate surface area is 187 Å². The molecular weight excluding hydrogens is 434 g/mol. The highest BCUT2D eigenvalue weighted by molar-refractivity contribution is 7.89. The van der Waals surface area contributed by atoms with Crippen LogP contribution in [0.25, 0.3) is 6.08 Å². The van der Waals surface area contributed by atoms with Crippen LogP contribution in [0.5, 0.6) is 0 Å². The second-order valence-electron chi connectivity index (χ2n) is 7.28. The van der Waals surface area contributed by atoms with E-state index in [1.165, 1.54) is 24.5 Å². The highest BCUT2D eigenvalue weighted by Gasteiger charge is 2.24. The summed E-state index contributed by atoms with van der Waals surface area (Å²) in [7, 11) is -3.67. The van der Waals surface area contributed by atoms with Gasteiger partial charge in [0.25, 0.3) is 0 Å². The Morgan fingerprint density at radius 2 is 1.91 bits per heavy atom. The van der Waals surface area contributed by atoms with Gasteiger partial charge in [0.05, 0.1) is 24.3 Å². The van der Waals surface area contributed by atoms with Gasteiger partial charge in [-0.2, -0.15) is 0 Å². The van der Waals surface area contributed by atoms with Crippen molar-refractivity contribution in [3.63, 3.8) is 0 Å². The molecule has 172 valence electrons. The van der Waals surface area contributed by atoms with Crippen LogP contribution < -0.4 is 10.0 Å². The highest BCUT2D eigenvalue weighted by atomic mass is 32.2. The van der Waals surface area contributed by atoms with Gasteiger partial charge >= 0.3 is 6.09 Å². The van der Waals surface area contributed by atoms with Crippen LogP contribution in [0.15, 0.2) is 58.1 Å². The highest BCUT2D eigenvalue weighted by Crippen LogP contribution is 2.14. The fraction of sp³-hybridized carbons (Fsp3) is 0.364. The molecule has 2 aromatic rings. The second kappa shape index (κ2) is 11.0. The SMILES string of the molecule is CCOC(=O)N1CCC(NC(=O)/C=C/c2ccc(S(=O)(=O)NCc3ccco3)cc2)CC1. The lowest BCUT2D eigenvalue weighted by molar-refractivity contribution is -0.117. The minimum absolute atomic E-state index is 0.00872. The molecule has 2 heterocycles. The molecule has 2 N–H and O–H groups in total. The largest absolute Gasteiger partial charge is 0.468 e. The van der Waals surface area contributed by atoms with Crippen LogP contribution in [0.2, 0.25) is 0 Å². The molecule has 1 aliphatic heterocycles. The van der Waals surface area contributed by atoms with Gasteiger partial charge in [0, 0.05) is 25.2 Å². The van der Waals surface area contributed by atoms with Gasteiger partial charge in [0.1, 0.15) is 5.76 Å². The van der Waals surface area contributed by atoms with Gasteiger partial charge in [-0.05, 0) is 55.7 Å². The van der Waals surface area contributed by atoms with E-state index in [0.29, 0.717) is 43.9 Å². The van der Waals surface area contributed by atoms with Gasteiger partial charge in [0.15, 0.2) is 0 Å². The predicted molar refractivity (Wildman–Crippen MR) is 118 cm³/mol. The molecule has 0 atom stereocenters. The van der Waals surface area contributed by atoms with Gasteiger partial charge in [-0.1, -0.05) is 12.1 Å². The van der Waals surface area contributed by atoms with E-state index in [1.807, 2.05) is 0 Å². The monoisotopic (exact) mass is 461 g/mol. The summed E-state index contributed by atoms with van der Waals surface area (Å²) in [6, 6.07) is 9.58. The van der Waals surface area contributed by atoms with Crippen molar-refractivity contribution in [1.82, 2.24) is 14.9 Å². The van der Waals surface area contributed by atoms with E-state index in [0.717, 1.165) is 0 Å². The lowest BCUT2D eigenvalue weighted by atomic mass is 10.1. The van der Waals surface area contributed by atoms with Crippen molar-refractivity contribution in [3.8, 4) is 0 Å². The molecule has 32 heavy (non-hydrogen) atoms. The average Bonchev–Trinajstić information content (AvgIpc) is 3.31. The van der Waals surface area contributed by atoms with Crippen LogP contribution in [0.4, 0.5) is 4.79 Å². The number of amides is 2. The second-order valence-corrected chi connectivity index (χ2v) is 9.04. The molecule has 1 aromatic carbocycles. The lowest BCUT2D eigenvalue weighted by Gasteiger charge is -2.31. The van der Waals surface area contributed by atoms with Gasteiger partial charge < -0.3 is 19.4 Å². The summed E-state index contributed by atoms with van der Waals surface area (Å²) < 4.78 is 37.3. The number of benzene rings is 1. The third kappa shape index (κ3) is 6.69. The Kier molecular flexibility index (Phi) is 8.07. The minimum Gasteiger partial charge on any atom is -0.468 e. The van der Waals surface area contributed by atoms with Crippen LogP contribution in [0, 0.1) is 0 Å². The van der Waals surface area contributed by atoms with Gasteiger partial charge in [-0.15, -0.1) is 0 Å². The molecule has 0 unspecified atom stereocenters. The molecule has 1 aliphatic rings. The van der Waals surface area contributed by atoms with Crippen molar-refractivity contribution < 1.29 is 27.2 Å². The molecule has 0 bridgehead atoms. The number of piperidine rings is 1. The summed E-state index contributed by atoms with van der Waals surface area (Å²) in [5, 5.41) is 2.93. The van der Waals surface area contributed by atoms with E-state index in [1.54, 1.807) is 42.2 Å². The Hall–Kier alpha value is -3.11. The van der Waals surface area contributed by atoms with Crippen molar-refractivity contribution in [2.75, 3.05) is 19.7 Å². The van der Waals surface area contributed by atoms with Crippen molar-refractivity contribution in [2.45, 2.75) is 37.2 Å². The number of nitrogens with zero attached hydrogens (tertiary/aromatic N) is 1. The summed E-state index contributed by atoms with van der Waals surface area (Å²) in [6.07, 6.45) is 5.52. The lowest BCUT2D eigenvalue weighted by Crippen LogP contribution is -2.46. The Morgan fingerprint density at radius 3 is 2.53 bits per heavy atom. The predicted octanol–water partition coefficient (Wildman–Crippen LogP) is 2.51. The van der Waals surface area contributed by atoms with Crippen LogP contribution in [0.1, 0.15) is 31.1 Å². The maximum absolute atomic E-state index is 12.4. The van der Waals surface area contributed by atoms with E-state index in [2.05, 4.69) is 10.0 Å². The quantitative estimate of drug-likeness (QED) is 0.583. The maximum atomic E-state index is 12.4. The van der Waals surface area contributed by atoms with Crippen molar-refractivity contribution in [2.24, 2.45) is 0 Å². The fourth-order valence-electron chi connectivity index (χ4n) is 3.26. The number of likely N-dealkylation sites (tertiary alicyclic amines) is 1. The maximum Gasteiger partial charge on any atom is 0.409 e. The number of sulfonamides is 1. The summed E-state index contributed by atoms with van der Waals surface area (Å²) in [4.78, 5) is 25.7. The van der Waals surface area contributed by atoms with Crippen molar-refractivity contribution in [3.05, 3.63) is 60.1 Å². The molecule has 1 aromatic heterocycles. The number of hydrogen-bond acceptors (Lipinski definition) is 6. The fourth-order valence-corrected chi connectivity index (χ4v) is 4.26. The van der Waals surface area contributed by atoms with Gasteiger partial charge in [-0.3, -0.25) is 4.79 Å².